The molecule has 5 heteroatoms. The van der Waals surface area contributed by atoms with Gasteiger partial charge in [0.25, 0.3) is 0 Å². The number of unbranched alkanes of at least 4 members (excludes halogenated alkanes) is 5. The molecule has 0 saturated heterocycles. The van der Waals surface area contributed by atoms with Crippen LogP contribution in [0.15, 0.2) is 34.8 Å². The molecule has 5 nitrogen and oxygen atoms in total. The highest BCUT2D eigenvalue weighted by Gasteiger charge is 2.16. The van der Waals surface area contributed by atoms with Crippen LogP contribution in [-0.4, -0.2) is 32.2 Å². The summed E-state index contributed by atoms with van der Waals surface area (Å²) in [6, 6.07) is 6.61. The van der Waals surface area contributed by atoms with Crippen LogP contribution in [0.4, 0.5) is 5.69 Å². The minimum absolute atomic E-state index is 0.194. The number of anilines is 1. The van der Waals surface area contributed by atoms with Gasteiger partial charge < -0.3 is 21.1 Å². The predicted octanol–water partition coefficient (Wildman–Crippen LogP) is 4.40. The van der Waals surface area contributed by atoms with Crippen LogP contribution in [0.3, 0.4) is 0 Å². The number of guanidine groups is 1. The molecule has 1 heterocycles. The van der Waals surface area contributed by atoms with E-state index in [1.54, 1.807) is 0 Å². The smallest absolute Gasteiger partial charge is 0.185 e. The van der Waals surface area contributed by atoms with Gasteiger partial charge in [0.15, 0.2) is 5.96 Å². The molecule has 0 bridgehead atoms. The molecule has 1 aromatic carbocycles. The first-order valence-electron chi connectivity index (χ1n) is 10.8. The van der Waals surface area contributed by atoms with E-state index in [0.29, 0.717) is 0 Å². The van der Waals surface area contributed by atoms with Crippen molar-refractivity contribution in [3.05, 3.63) is 35.4 Å². The largest absolute Gasteiger partial charge is 0.494 e. The molecule has 28 heavy (non-hydrogen) atoms. The zero-order chi connectivity index (χ0) is 20.2. The summed E-state index contributed by atoms with van der Waals surface area (Å²) < 4.78 is 6.00. The van der Waals surface area contributed by atoms with Gasteiger partial charge in [-0.05, 0) is 63.3 Å². The molecular weight excluding hydrogens is 348 g/mol. The summed E-state index contributed by atoms with van der Waals surface area (Å²) in [5.74, 6) is 1.21. The number of ether oxygens (including phenoxy) is 1. The molecule has 156 valence electrons. The Morgan fingerprint density at radius 1 is 1.11 bits per heavy atom. The number of aliphatic imine (C=N–C) groups is 1. The van der Waals surface area contributed by atoms with Gasteiger partial charge in [-0.3, -0.25) is 4.99 Å². The van der Waals surface area contributed by atoms with Crippen molar-refractivity contribution in [3.8, 4) is 5.75 Å². The van der Waals surface area contributed by atoms with Crippen molar-refractivity contribution in [3.63, 3.8) is 0 Å². The third kappa shape index (κ3) is 8.24. The number of fused-ring (bicyclic) bond motifs is 1. The fraction of sp³-hybridized carbons (Fsp3) is 0.609. The van der Waals surface area contributed by atoms with Crippen LogP contribution in [-0.2, 0) is 6.42 Å². The molecule has 0 radical (unpaired) electrons. The van der Waals surface area contributed by atoms with E-state index < -0.39 is 0 Å². The SMILES string of the molecule is CC(C)=CCN1CCCc2cc(OCCCCCCCCN=C(N)N)ccc21. The zero-order valence-electron chi connectivity index (χ0n) is 17.8. The van der Waals surface area contributed by atoms with Crippen LogP contribution >= 0.6 is 0 Å². The molecule has 1 aliphatic heterocycles. The summed E-state index contributed by atoms with van der Waals surface area (Å²) >= 11 is 0. The van der Waals surface area contributed by atoms with Gasteiger partial charge >= 0.3 is 0 Å². The second-order valence-corrected chi connectivity index (χ2v) is 7.90. The lowest BCUT2D eigenvalue weighted by atomic mass is 10.0. The molecule has 0 saturated carbocycles. The number of aryl methyl sites for hydroxylation is 1. The monoisotopic (exact) mass is 386 g/mol. The lowest BCUT2D eigenvalue weighted by Gasteiger charge is -2.31. The van der Waals surface area contributed by atoms with Gasteiger partial charge in [0.1, 0.15) is 5.75 Å². The third-order valence-corrected chi connectivity index (χ3v) is 5.10. The second-order valence-electron chi connectivity index (χ2n) is 7.90. The summed E-state index contributed by atoms with van der Waals surface area (Å²) in [6.07, 6.45) is 11.7. The molecule has 0 aromatic heterocycles. The number of nitrogens with zero attached hydrogens (tertiary/aromatic N) is 2. The lowest BCUT2D eigenvalue weighted by molar-refractivity contribution is 0.304. The lowest BCUT2D eigenvalue weighted by Crippen LogP contribution is -2.29. The highest BCUT2D eigenvalue weighted by Crippen LogP contribution is 2.30. The van der Waals surface area contributed by atoms with E-state index in [9.17, 15) is 0 Å². The van der Waals surface area contributed by atoms with Crippen LogP contribution < -0.4 is 21.1 Å². The van der Waals surface area contributed by atoms with Crippen molar-refractivity contribution < 1.29 is 4.74 Å². The standard InChI is InChI=1S/C23H38N4O/c1-19(2)13-16-27-15-9-10-20-18-21(11-12-22(20)27)28-17-8-6-4-3-5-7-14-26-23(24)25/h11-13,18H,3-10,14-17H2,1-2H3,(H4,24,25,26). The van der Waals surface area contributed by atoms with E-state index in [2.05, 4.69) is 48.0 Å². The van der Waals surface area contributed by atoms with Crippen molar-refractivity contribution in [2.45, 2.75) is 65.2 Å². The normalized spacial score (nSPS) is 13.0. The summed E-state index contributed by atoms with van der Waals surface area (Å²) in [7, 11) is 0. The Balaban J connectivity index is 1.65. The minimum Gasteiger partial charge on any atom is -0.494 e. The van der Waals surface area contributed by atoms with Gasteiger partial charge in [0.2, 0.25) is 0 Å². The van der Waals surface area contributed by atoms with E-state index in [1.807, 2.05) is 0 Å². The van der Waals surface area contributed by atoms with Gasteiger partial charge in [0, 0.05) is 25.3 Å². The van der Waals surface area contributed by atoms with E-state index in [-0.39, 0.29) is 5.96 Å². The van der Waals surface area contributed by atoms with Gasteiger partial charge in [-0.15, -0.1) is 0 Å². The Morgan fingerprint density at radius 3 is 2.61 bits per heavy atom. The van der Waals surface area contributed by atoms with E-state index >= 15 is 0 Å². The van der Waals surface area contributed by atoms with Crippen molar-refractivity contribution >= 4 is 11.6 Å². The molecular formula is C23H38N4O. The second kappa shape index (κ2) is 12.3. The highest BCUT2D eigenvalue weighted by atomic mass is 16.5. The number of benzene rings is 1. The van der Waals surface area contributed by atoms with Crippen LogP contribution in [0.2, 0.25) is 0 Å². The molecule has 0 unspecified atom stereocenters. The fourth-order valence-corrected chi connectivity index (χ4v) is 3.54. The number of nitrogens with two attached hydrogens (primary N) is 2. The minimum atomic E-state index is 0.194. The summed E-state index contributed by atoms with van der Waals surface area (Å²) in [4.78, 5) is 6.48. The van der Waals surface area contributed by atoms with E-state index in [1.165, 1.54) is 48.9 Å². The molecule has 4 N–H and O–H groups in total. The summed E-state index contributed by atoms with van der Waals surface area (Å²) in [5, 5.41) is 0. The molecule has 1 aliphatic rings. The van der Waals surface area contributed by atoms with Crippen LogP contribution in [0.5, 0.6) is 5.75 Å². The topological polar surface area (TPSA) is 76.9 Å². The maximum atomic E-state index is 6.00. The zero-order valence-corrected chi connectivity index (χ0v) is 17.8. The van der Waals surface area contributed by atoms with Gasteiger partial charge in [-0.1, -0.05) is 37.3 Å². The maximum Gasteiger partial charge on any atom is 0.185 e. The van der Waals surface area contributed by atoms with E-state index in [4.69, 9.17) is 16.2 Å². The first kappa shape index (κ1) is 22.1. The maximum absolute atomic E-state index is 6.00. The first-order chi connectivity index (χ1) is 13.6. The van der Waals surface area contributed by atoms with E-state index in [0.717, 1.165) is 51.3 Å². The number of hydrogen-bond acceptors (Lipinski definition) is 3. The Kier molecular flexibility index (Phi) is 9.73. The van der Waals surface area contributed by atoms with Gasteiger partial charge in [-0.25, -0.2) is 0 Å². The Morgan fingerprint density at radius 2 is 1.86 bits per heavy atom. The van der Waals surface area contributed by atoms with Gasteiger partial charge in [-0.2, -0.15) is 0 Å². The number of hydrogen-bond donors (Lipinski definition) is 2. The molecule has 0 fully saturated rings. The summed E-state index contributed by atoms with van der Waals surface area (Å²) in [6.45, 7) is 8.01. The number of rotatable bonds is 12. The number of allylic oxidation sites excluding steroid dienone is 1. The fourth-order valence-electron chi connectivity index (χ4n) is 3.54. The first-order valence-corrected chi connectivity index (χ1v) is 10.8. The summed E-state index contributed by atoms with van der Waals surface area (Å²) in [5.41, 5.74) is 14.8. The third-order valence-electron chi connectivity index (χ3n) is 5.10. The average molecular weight is 387 g/mol. The quantitative estimate of drug-likeness (QED) is 0.242. The molecule has 1 aromatic rings. The van der Waals surface area contributed by atoms with Crippen molar-refractivity contribution in [2.24, 2.45) is 16.5 Å². The molecule has 2 rings (SSSR count). The van der Waals surface area contributed by atoms with Crippen LogP contribution in [0.25, 0.3) is 0 Å². The average Bonchev–Trinajstić information content (AvgIpc) is 2.67. The van der Waals surface area contributed by atoms with Crippen molar-refractivity contribution in [2.75, 3.05) is 31.1 Å². The Labute approximate surface area is 170 Å². The van der Waals surface area contributed by atoms with Crippen LogP contribution in [0, 0.1) is 0 Å². The van der Waals surface area contributed by atoms with Crippen molar-refractivity contribution in [1.29, 1.82) is 0 Å². The molecule has 0 atom stereocenters. The predicted molar refractivity (Wildman–Crippen MR) is 120 cm³/mol. The highest BCUT2D eigenvalue weighted by molar-refractivity contribution is 5.75. The Hall–Kier alpha value is -2.17. The Bertz CT molecular complexity index is 646. The van der Waals surface area contributed by atoms with Crippen molar-refractivity contribution in [1.82, 2.24) is 0 Å². The van der Waals surface area contributed by atoms with Gasteiger partial charge in [0.05, 0.1) is 6.61 Å². The molecule has 0 spiro atoms. The molecule has 0 amide bonds. The van der Waals surface area contributed by atoms with Crippen LogP contribution in [0.1, 0.15) is 64.4 Å². The molecule has 0 aliphatic carbocycles.